The second kappa shape index (κ2) is 4.98. The van der Waals surface area contributed by atoms with Crippen LogP contribution in [0.5, 0.6) is 5.75 Å². The molecule has 1 aliphatic rings. The summed E-state index contributed by atoms with van der Waals surface area (Å²) in [5.74, 6) is 0.744. The third-order valence-electron chi connectivity index (χ3n) is 3.26. The molecule has 1 aromatic carbocycles. The lowest BCUT2D eigenvalue weighted by molar-refractivity contribution is -0.125. The lowest BCUT2D eigenvalue weighted by Crippen LogP contribution is -2.49. The summed E-state index contributed by atoms with van der Waals surface area (Å²) in [5, 5.41) is 0. The van der Waals surface area contributed by atoms with Crippen molar-refractivity contribution in [3.8, 4) is 5.75 Å². The molecule has 2 atom stereocenters. The van der Waals surface area contributed by atoms with Crippen molar-refractivity contribution in [2.75, 3.05) is 11.4 Å². The van der Waals surface area contributed by atoms with Crippen LogP contribution in [0, 0.1) is 6.92 Å². The molecule has 0 saturated heterocycles. The fourth-order valence-electron chi connectivity index (χ4n) is 2.07. The third-order valence-corrected chi connectivity index (χ3v) is 3.26. The highest BCUT2D eigenvalue weighted by atomic mass is 16.5. The van der Waals surface area contributed by atoms with Gasteiger partial charge in [0, 0.05) is 12.6 Å². The van der Waals surface area contributed by atoms with Crippen molar-refractivity contribution in [3.63, 3.8) is 0 Å². The summed E-state index contributed by atoms with van der Waals surface area (Å²) < 4.78 is 5.61. The van der Waals surface area contributed by atoms with Gasteiger partial charge in [-0.1, -0.05) is 13.0 Å². The van der Waals surface area contributed by atoms with Gasteiger partial charge in [-0.25, -0.2) is 0 Å². The number of benzene rings is 1. The number of amides is 1. The van der Waals surface area contributed by atoms with Crippen LogP contribution in [-0.2, 0) is 4.79 Å². The van der Waals surface area contributed by atoms with Crippen LogP contribution in [0.2, 0.25) is 0 Å². The van der Waals surface area contributed by atoms with Gasteiger partial charge in [0.25, 0.3) is 5.91 Å². The Hall–Kier alpha value is -1.55. The number of ether oxygens (including phenoxy) is 1. The van der Waals surface area contributed by atoms with Gasteiger partial charge in [-0.15, -0.1) is 0 Å². The molecule has 1 amide bonds. The fourth-order valence-corrected chi connectivity index (χ4v) is 2.07. The molecule has 0 radical (unpaired) electrons. The van der Waals surface area contributed by atoms with E-state index in [0.29, 0.717) is 6.54 Å². The number of hydrogen-bond donors (Lipinski definition) is 1. The molecule has 4 heteroatoms. The van der Waals surface area contributed by atoms with Crippen LogP contribution < -0.4 is 15.4 Å². The predicted molar refractivity (Wildman–Crippen MR) is 71.9 cm³/mol. The molecule has 0 fully saturated rings. The molecule has 1 heterocycles. The SMILES string of the molecule is CCC(N)CN1C(=O)C(C)Oc2ccc(C)cc21. The first-order valence-corrected chi connectivity index (χ1v) is 6.37. The van der Waals surface area contributed by atoms with Gasteiger partial charge in [-0.05, 0) is 38.0 Å². The lowest BCUT2D eigenvalue weighted by Gasteiger charge is -2.34. The van der Waals surface area contributed by atoms with Crippen molar-refractivity contribution >= 4 is 11.6 Å². The lowest BCUT2D eigenvalue weighted by atomic mass is 10.1. The Labute approximate surface area is 108 Å². The Morgan fingerprint density at radius 3 is 2.89 bits per heavy atom. The first kappa shape index (κ1) is 12.9. The molecule has 0 spiro atoms. The van der Waals surface area contributed by atoms with E-state index in [1.165, 1.54) is 0 Å². The molecule has 0 aliphatic carbocycles. The number of aryl methyl sites for hydroxylation is 1. The molecule has 0 bridgehead atoms. The van der Waals surface area contributed by atoms with Gasteiger partial charge in [0.2, 0.25) is 0 Å². The summed E-state index contributed by atoms with van der Waals surface area (Å²) in [6, 6.07) is 5.87. The van der Waals surface area contributed by atoms with Crippen LogP contribution in [-0.4, -0.2) is 24.6 Å². The molecular weight excluding hydrogens is 228 g/mol. The Kier molecular flexibility index (Phi) is 3.57. The molecule has 1 aromatic rings. The summed E-state index contributed by atoms with van der Waals surface area (Å²) in [7, 11) is 0. The quantitative estimate of drug-likeness (QED) is 0.888. The molecule has 2 unspecified atom stereocenters. The van der Waals surface area contributed by atoms with E-state index in [2.05, 4.69) is 0 Å². The van der Waals surface area contributed by atoms with Crippen LogP contribution in [0.4, 0.5) is 5.69 Å². The zero-order valence-electron chi connectivity index (χ0n) is 11.1. The number of rotatable bonds is 3. The summed E-state index contributed by atoms with van der Waals surface area (Å²) in [6.07, 6.45) is 0.407. The number of carbonyl (C=O) groups is 1. The minimum absolute atomic E-state index is 0.00684. The van der Waals surface area contributed by atoms with E-state index in [4.69, 9.17) is 10.5 Å². The Morgan fingerprint density at radius 2 is 2.22 bits per heavy atom. The summed E-state index contributed by atoms with van der Waals surface area (Å²) in [5.41, 5.74) is 7.91. The second-order valence-corrected chi connectivity index (χ2v) is 4.85. The largest absolute Gasteiger partial charge is 0.479 e. The zero-order valence-corrected chi connectivity index (χ0v) is 11.1. The highest BCUT2D eigenvalue weighted by Gasteiger charge is 2.32. The van der Waals surface area contributed by atoms with Gasteiger partial charge in [0.1, 0.15) is 5.75 Å². The molecule has 0 aromatic heterocycles. The smallest absolute Gasteiger partial charge is 0.267 e. The van der Waals surface area contributed by atoms with Crippen molar-refractivity contribution in [2.45, 2.75) is 39.3 Å². The molecular formula is C14H20N2O2. The zero-order chi connectivity index (χ0) is 13.3. The number of anilines is 1. The van der Waals surface area contributed by atoms with Crippen LogP contribution in [0.3, 0.4) is 0 Å². The van der Waals surface area contributed by atoms with Crippen molar-refractivity contribution in [1.29, 1.82) is 0 Å². The molecule has 2 rings (SSSR count). The standard InChI is InChI=1S/C14H20N2O2/c1-4-11(15)8-16-12-7-9(2)5-6-13(12)18-10(3)14(16)17/h5-7,10-11H,4,8,15H2,1-3H3. The van der Waals surface area contributed by atoms with Crippen LogP contribution in [0.15, 0.2) is 18.2 Å². The van der Waals surface area contributed by atoms with Crippen LogP contribution in [0.1, 0.15) is 25.8 Å². The topological polar surface area (TPSA) is 55.6 Å². The van der Waals surface area contributed by atoms with Crippen LogP contribution >= 0.6 is 0 Å². The second-order valence-electron chi connectivity index (χ2n) is 4.85. The van der Waals surface area contributed by atoms with Gasteiger partial charge in [-0.2, -0.15) is 0 Å². The number of hydrogen-bond acceptors (Lipinski definition) is 3. The predicted octanol–water partition coefficient (Wildman–Crippen LogP) is 1.85. The van der Waals surface area contributed by atoms with Gasteiger partial charge < -0.3 is 15.4 Å². The average Bonchev–Trinajstić information content (AvgIpc) is 2.35. The Bertz CT molecular complexity index is 459. The summed E-state index contributed by atoms with van der Waals surface area (Å²) >= 11 is 0. The van der Waals surface area contributed by atoms with Crippen molar-refractivity contribution in [2.24, 2.45) is 5.73 Å². The highest BCUT2D eigenvalue weighted by molar-refractivity contribution is 5.99. The van der Waals surface area contributed by atoms with Gasteiger partial charge in [-0.3, -0.25) is 4.79 Å². The molecule has 4 nitrogen and oxygen atoms in total. The van der Waals surface area contributed by atoms with Crippen molar-refractivity contribution in [1.82, 2.24) is 0 Å². The minimum atomic E-state index is -0.440. The molecule has 0 saturated carbocycles. The minimum Gasteiger partial charge on any atom is -0.479 e. The fraction of sp³-hybridized carbons (Fsp3) is 0.500. The van der Waals surface area contributed by atoms with E-state index < -0.39 is 6.10 Å². The Morgan fingerprint density at radius 1 is 1.50 bits per heavy atom. The van der Waals surface area contributed by atoms with Gasteiger partial charge in [0.15, 0.2) is 6.10 Å². The van der Waals surface area contributed by atoms with E-state index in [0.717, 1.165) is 23.4 Å². The maximum absolute atomic E-state index is 12.2. The van der Waals surface area contributed by atoms with Gasteiger partial charge in [0.05, 0.1) is 5.69 Å². The average molecular weight is 248 g/mol. The van der Waals surface area contributed by atoms with E-state index >= 15 is 0 Å². The van der Waals surface area contributed by atoms with Crippen molar-refractivity contribution < 1.29 is 9.53 Å². The molecule has 18 heavy (non-hydrogen) atoms. The molecule has 1 aliphatic heterocycles. The maximum atomic E-state index is 12.2. The van der Waals surface area contributed by atoms with E-state index in [1.807, 2.05) is 32.0 Å². The van der Waals surface area contributed by atoms with E-state index in [-0.39, 0.29) is 11.9 Å². The van der Waals surface area contributed by atoms with E-state index in [9.17, 15) is 4.79 Å². The third kappa shape index (κ3) is 2.34. The number of carbonyl (C=O) groups excluding carboxylic acids is 1. The first-order valence-electron chi connectivity index (χ1n) is 6.37. The number of fused-ring (bicyclic) bond motifs is 1. The Balaban J connectivity index is 2.37. The normalized spacial score (nSPS) is 20.3. The molecule has 98 valence electrons. The van der Waals surface area contributed by atoms with E-state index in [1.54, 1.807) is 11.8 Å². The number of nitrogens with zero attached hydrogens (tertiary/aromatic N) is 1. The summed E-state index contributed by atoms with van der Waals surface area (Å²) in [4.78, 5) is 14.0. The first-order chi connectivity index (χ1) is 8.52. The maximum Gasteiger partial charge on any atom is 0.267 e. The summed E-state index contributed by atoms with van der Waals surface area (Å²) in [6.45, 7) is 6.34. The highest BCUT2D eigenvalue weighted by Crippen LogP contribution is 2.34. The van der Waals surface area contributed by atoms with Gasteiger partial charge >= 0.3 is 0 Å². The van der Waals surface area contributed by atoms with Crippen LogP contribution in [0.25, 0.3) is 0 Å². The molecule has 2 N–H and O–H groups in total. The number of nitrogens with two attached hydrogens (primary N) is 1. The van der Waals surface area contributed by atoms with Crippen molar-refractivity contribution in [3.05, 3.63) is 23.8 Å². The monoisotopic (exact) mass is 248 g/mol.